The highest BCUT2D eigenvalue weighted by molar-refractivity contribution is 7.89. The minimum atomic E-state index is -3.89. The summed E-state index contributed by atoms with van der Waals surface area (Å²) in [7, 11) is -3.89. The first-order valence-electron chi connectivity index (χ1n) is 15.4. The van der Waals surface area contributed by atoms with Crippen LogP contribution in [0.4, 0.5) is 11.4 Å². The molecule has 0 aromatic heterocycles. The summed E-state index contributed by atoms with van der Waals surface area (Å²) in [5, 5.41) is 9.21. The fraction of sp³-hybridized carbons (Fsp3) is 0.412. The molecule has 0 spiro atoms. The van der Waals surface area contributed by atoms with Gasteiger partial charge in [0.15, 0.2) is 0 Å². The number of anilines is 2. The zero-order valence-electron chi connectivity index (χ0n) is 27.3. The van der Waals surface area contributed by atoms with Gasteiger partial charge in [-0.2, -0.15) is 10.1 Å². The van der Waals surface area contributed by atoms with E-state index in [-0.39, 0.29) is 61.0 Å². The molecule has 47 heavy (non-hydrogen) atoms. The van der Waals surface area contributed by atoms with Gasteiger partial charge in [0.1, 0.15) is 17.3 Å². The largest absolute Gasteiger partial charge is 0.493 e. The molecule has 0 atom stereocenters. The lowest BCUT2D eigenvalue weighted by atomic mass is 9.76. The zero-order valence-corrected chi connectivity index (χ0v) is 31.1. The third-order valence-electron chi connectivity index (χ3n) is 8.62. The van der Waals surface area contributed by atoms with E-state index >= 15 is 0 Å². The molecule has 0 saturated heterocycles. The summed E-state index contributed by atoms with van der Waals surface area (Å²) in [6.45, 7) is 13.8. The number of sulfonamides is 1. The van der Waals surface area contributed by atoms with E-state index in [1.807, 2.05) is 6.07 Å². The second-order valence-electron chi connectivity index (χ2n) is 12.7. The van der Waals surface area contributed by atoms with E-state index in [4.69, 9.17) is 51.1 Å². The van der Waals surface area contributed by atoms with Crippen LogP contribution in [0.15, 0.2) is 58.5 Å². The third kappa shape index (κ3) is 8.74. The van der Waals surface area contributed by atoms with E-state index in [1.165, 1.54) is 35.9 Å². The summed E-state index contributed by atoms with van der Waals surface area (Å²) in [4.78, 5) is 12.8. The quantitative estimate of drug-likeness (QED) is 0.170. The Morgan fingerprint density at radius 2 is 1.55 bits per heavy atom. The number of benzene rings is 3. The van der Waals surface area contributed by atoms with Crippen molar-refractivity contribution in [1.82, 2.24) is 4.72 Å². The molecule has 3 aromatic carbocycles. The molecule has 8 nitrogen and oxygen atoms in total. The molecule has 0 bridgehead atoms. The number of amides is 1. The molecular formula is C34H40Cl4N4O4S. The summed E-state index contributed by atoms with van der Waals surface area (Å²) in [6.07, 6.45) is 2.31. The minimum absolute atomic E-state index is 0.00278. The highest BCUT2D eigenvalue weighted by Crippen LogP contribution is 2.40. The number of nitrogens with one attached hydrogen (secondary N) is 2. The molecule has 0 fully saturated rings. The molecule has 1 heterocycles. The summed E-state index contributed by atoms with van der Waals surface area (Å²) in [5.41, 5.74) is 2.85. The smallest absolute Gasteiger partial charge is 0.255 e. The van der Waals surface area contributed by atoms with Crippen LogP contribution >= 0.6 is 46.4 Å². The van der Waals surface area contributed by atoms with Gasteiger partial charge in [0.05, 0.1) is 38.7 Å². The van der Waals surface area contributed by atoms with E-state index in [0.717, 1.165) is 29.2 Å². The molecular weight excluding hydrogens is 702 g/mol. The molecule has 2 N–H and O–H groups in total. The zero-order chi connectivity index (χ0) is 34.7. The normalized spacial score (nSPS) is 14.0. The van der Waals surface area contributed by atoms with E-state index in [9.17, 15) is 13.2 Å². The van der Waals surface area contributed by atoms with Crippen LogP contribution in [0.1, 0.15) is 78.4 Å². The van der Waals surface area contributed by atoms with Gasteiger partial charge in [0.2, 0.25) is 10.0 Å². The van der Waals surface area contributed by atoms with Crippen molar-refractivity contribution in [3.05, 3.63) is 79.7 Å². The van der Waals surface area contributed by atoms with E-state index < -0.39 is 15.9 Å². The maximum atomic E-state index is 13.2. The average Bonchev–Trinajstić information content (AvgIpc) is 3.36. The number of ether oxygens (including phenoxy) is 1. The number of hydrogen-bond acceptors (Lipinski definition) is 6. The Morgan fingerprint density at radius 3 is 2.19 bits per heavy atom. The van der Waals surface area contributed by atoms with Crippen LogP contribution in [0, 0.1) is 0 Å². The Labute approximate surface area is 297 Å². The van der Waals surface area contributed by atoms with E-state index in [0.29, 0.717) is 18.1 Å². The van der Waals surface area contributed by atoms with Gasteiger partial charge >= 0.3 is 0 Å². The van der Waals surface area contributed by atoms with Gasteiger partial charge in [0.25, 0.3) is 5.91 Å². The van der Waals surface area contributed by atoms with E-state index in [2.05, 4.69) is 68.8 Å². The van der Waals surface area contributed by atoms with Crippen molar-refractivity contribution in [2.24, 2.45) is 5.10 Å². The summed E-state index contributed by atoms with van der Waals surface area (Å²) >= 11 is 24.9. The number of hydrogen-bond donors (Lipinski definition) is 2. The Bertz CT molecular complexity index is 1770. The monoisotopic (exact) mass is 740 g/mol. The summed E-state index contributed by atoms with van der Waals surface area (Å²) in [6, 6.07) is 13.6. The van der Waals surface area contributed by atoms with Gasteiger partial charge in [-0.05, 0) is 72.1 Å². The molecule has 13 heteroatoms. The third-order valence-corrected chi connectivity index (χ3v) is 11.2. The van der Waals surface area contributed by atoms with Crippen LogP contribution in [-0.4, -0.2) is 33.3 Å². The number of hydrazone groups is 1. The lowest BCUT2D eigenvalue weighted by molar-refractivity contribution is -0.116. The second kappa shape index (κ2) is 14.9. The van der Waals surface area contributed by atoms with Gasteiger partial charge < -0.3 is 10.1 Å². The predicted octanol–water partition coefficient (Wildman–Crippen LogP) is 9.59. The maximum absolute atomic E-state index is 13.2. The maximum Gasteiger partial charge on any atom is 0.255 e. The molecule has 1 amide bonds. The average molecular weight is 743 g/mol. The first-order valence-corrected chi connectivity index (χ1v) is 18.4. The van der Waals surface area contributed by atoms with Crippen molar-refractivity contribution in [2.75, 3.05) is 23.5 Å². The first-order chi connectivity index (χ1) is 22.0. The molecule has 0 aliphatic carbocycles. The number of amidine groups is 1. The summed E-state index contributed by atoms with van der Waals surface area (Å²) < 4.78 is 35.2. The van der Waals surface area contributed by atoms with Crippen molar-refractivity contribution in [3.8, 4) is 5.75 Å². The Balaban J connectivity index is 1.41. The predicted molar refractivity (Wildman–Crippen MR) is 194 cm³/mol. The number of carbonyl (C=O) groups excluding carboxylic acids is 1. The van der Waals surface area contributed by atoms with Crippen LogP contribution in [-0.2, 0) is 25.6 Å². The molecule has 0 saturated carbocycles. The number of nitrogens with zero attached hydrogens (tertiary/aromatic N) is 2. The molecule has 1 aliphatic heterocycles. The topological polar surface area (TPSA) is 100 Å². The summed E-state index contributed by atoms with van der Waals surface area (Å²) in [5.74, 6) is 0.653. The van der Waals surface area contributed by atoms with Crippen molar-refractivity contribution >= 4 is 79.5 Å². The fourth-order valence-electron chi connectivity index (χ4n) is 4.88. The van der Waals surface area contributed by atoms with Gasteiger partial charge in [-0.3, -0.25) is 4.79 Å². The van der Waals surface area contributed by atoms with Crippen LogP contribution in [0.25, 0.3) is 0 Å². The van der Waals surface area contributed by atoms with Gasteiger partial charge in [-0.1, -0.05) is 100 Å². The van der Waals surface area contributed by atoms with Crippen molar-refractivity contribution in [1.29, 1.82) is 0 Å². The Hall–Kier alpha value is -2.53. The lowest BCUT2D eigenvalue weighted by Gasteiger charge is -2.30. The highest BCUT2D eigenvalue weighted by atomic mass is 35.5. The minimum Gasteiger partial charge on any atom is -0.493 e. The Kier molecular flexibility index (Phi) is 11.8. The van der Waals surface area contributed by atoms with Crippen LogP contribution in [0.5, 0.6) is 5.75 Å². The van der Waals surface area contributed by atoms with Crippen LogP contribution in [0.3, 0.4) is 0 Å². The molecule has 1 aliphatic rings. The van der Waals surface area contributed by atoms with Gasteiger partial charge in [0, 0.05) is 17.1 Å². The number of rotatable bonds is 13. The Morgan fingerprint density at radius 1 is 0.894 bits per heavy atom. The van der Waals surface area contributed by atoms with Gasteiger partial charge in [-0.25, -0.2) is 13.1 Å². The highest BCUT2D eigenvalue weighted by Gasteiger charge is 2.30. The van der Waals surface area contributed by atoms with Gasteiger partial charge in [-0.15, -0.1) is 0 Å². The molecule has 0 unspecified atom stereocenters. The number of halogens is 4. The second-order valence-corrected chi connectivity index (χ2v) is 16.1. The fourth-order valence-corrected chi connectivity index (χ4v) is 7.12. The van der Waals surface area contributed by atoms with Crippen LogP contribution < -0.4 is 19.8 Å². The van der Waals surface area contributed by atoms with E-state index in [1.54, 1.807) is 0 Å². The molecule has 4 rings (SSSR count). The standard InChI is InChI=1S/C34H40Cl4N4O4S/c1-7-33(3,4)21-10-13-29(24(16-21)34(5,6)8-2)46-15-9-14-39-47(44,45)23-11-12-25(36)28(19-23)40-30-20-31(43)42(41-30)32-26(37)17-22(35)18-27(32)38/h10-13,16-19,39H,7-9,14-15,20H2,1-6H3,(H,40,41). The van der Waals surface area contributed by atoms with Crippen molar-refractivity contribution in [2.45, 2.75) is 83.0 Å². The van der Waals surface area contributed by atoms with Crippen molar-refractivity contribution < 1.29 is 17.9 Å². The van der Waals surface area contributed by atoms with Crippen molar-refractivity contribution in [3.63, 3.8) is 0 Å². The lowest BCUT2D eigenvalue weighted by Crippen LogP contribution is -2.26. The molecule has 3 aromatic rings. The molecule has 0 radical (unpaired) electrons. The SMILES string of the molecule is CCC(C)(C)c1ccc(OCCCNS(=O)(=O)c2ccc(Cl)c(NC3=NN(c4c(Cl)cc(Cl)cc4Cl)C(=O)C3)c2)c(C(C)(C)CC)c1. The first kappa shape index (κ1) is 37.3. The number of carbonyl (C=O) groups is 1. The van der Waals surface area contributed by atoms with Crippen LogP contribution in [0.2, 0.25) is 20.1 Å². The molecule has 254 valence electrons.